The number of amidine groups is 1. The van der Waals surface area contributed by atoms with Gasteiger partial charge in [-0.15, -0.1) is 0 Å². The first-order chi connectivity index (χ1) is 13.4. The number of ether oxygens (including phenoxy) is 1. The number of carbonyl (C=O) groups excluding carboxylic acids is 2. The SMILES string of the molecule is O=C(COC(=O)[C@@H]1CC=CCC1)Nc1cccc(S(=O)(=O)NC2=NCCC2)c1. The van der Waals surface area contributed by atoms with Crippen LogP contribution in [-0.4, -0.2) is 39.3 Å². The first-order valence-electron chi connectivity index (χ1n) is 9.22. The molecule has 0 saturated heterocycles. The molecule has 1 aliphatic heterocycles. The smallest absolute Gasteiger partial charge is 0.309 e. The summed E-state index contributed by atoms with van der Waals surface area (Å²) in [6.07, 6.45) is 7.54. The van der Waals surface area contributed by atoms with E-state index in [9.17, 15) is 18.0 Å². The van der Waals surface area contributed by atoms with Crippen molar-refractivity contribution in [3.05, 3.63) is 36.4 Å². The summed E-state index contributed by atoms with van der Waals surface area (Å²) < 4.78 is 32.4. The van der Waals surface area contributed by atoms with Gasteiger partial charge in [-0.25, -0.2) is 8.42 Å². The van der Waals surface area contributed by atoms with E-state index >= 15 is 0 Å². The van der Waals surface area contributed by atoms with Crippen LogP contribution in [0.3, 0.4) is 0 Å². The molecule has 9 heteroatoms. The molecule has 2 aliphatic rings. The average molecular weight is 405 g/mol. The maximum atomic E-state index is 12.4. The van der Waals surface area contributed by atoms with Crippen LogP contribution >= 0.6 is 0 Å². The van der Waals surface area contributed by atoms with E-state index in [-0.39, 0.29) is 10.8 Å². The lowest BCUT2D eigenvalue weighted by atomic mass is 9.95. The predicted molar refractivity (Wildman–Crippen MR) is 104 cm³/mol. The highest BCUT2D eigenvalue weighted by Crippen LogP contribution is 2.20. The van der Waals surface area contributed by atoms with Crippen LogP contribution in [0.4, 0.5) is 5.69 Å². The fraction of sp³-hybridized carbons (Fsp3) is 0.421. The Morgan fingerprint density at radius 3 is 2.82 bits per heavy atom. The molecule has 28 heavy (non-hydrogen) atoms. The number of nitrogens with one attached hydrogen (secondary N) is 2. The van der Waals surface area contributed by atoms with E-state index in [2.05, 4.69) is 15.0 Å². The molecule has 3 rings (SSSR count). The van der Waals surface area contributed by atoms with E-state index in [4.69, 9.17) is 4.74 Å². The van der Waals surface area contributed by atoms with Gasteiger partial charge in [0.05, 0.1) is 10.8 Å². The Morgan fingerprint density at radius 2 is 2.11 bits per heavy atom. The zero-order valence-corrected chi connectivity index (χ0v) is 16.2. The van der Waals surface area contributed by atoms with Gasteiger partial charge in [-0.2, -0.15) is 0 Å². The number of sulfonamides is 1. The molecule has 1 atom stereocenters. The van der Waals surface area contributed by atoms with Gasteiger partial charge in [0.25, 0.3) is 15.9 Å². The summed E-state index contributed by atoms with van der Waals surface area (Å²) in [4.78, 5) is 28.1. The van der Waals surface area contributed by atoms with E-state index < -0.39 is 28.5 Å². The van der Waals surface area contributed by atoms with Crippen molar-refractivity contribution in [2.75, 3.05) is 18.5 Å². The number of benzene rings is 1. The lowest BCUT2D eigenvalue weighted by Gasteiger charge is -2.16. The molecule has 0 unspecified atom stereocenters. The van der Waals surface area contributed by atoms with Crippen molar-refractivity contribution in [1.82, 2.24) is 4.72 Å². The summed E-state index contributed by atoms with van der Waals surface area (Å²) in [6.45, 7) is 0.203. The molecule has 0 radical (unpaired) electrons. The molecule has 1 amide bonds. The second-order valence-corrected chi connectivity index (χ2v) is 8.38. The van der Waals surface area contributed by atoms with Crippen LogP contribution in [0.15, 0.2) is 46.3 Å². The molecule has 1 aliphatic carbocycles. The number of hydrogen-bond acceptors (Lipinski definition) is 6. The zero-order chi connectivity index (χ0) is 20.0. The van der Waals surface area contributed by atoms with Gasteiger partial charge in [-0.3, -0.25) is 19.3 Å². The molecule has 1 aromatic rings. The number of esters is 1. The van der Waals surface area contributed by atoms with Crippen molar-refractivity contribution in [2.45, 2.75) is 37.0 Å². The lowest BCUT2D eigenvalue weighted by molar-refractivity contribution is -0.151. The minimum atomic E-state index is -3.77. The van der Waals surface area contributed by atoms with Gasteiger partial charge in [-0.1, -0.05) is 18.2 Å². The molecule has 1 heterocycles. The third kappa shape index (κ3) is 5.41. The third-order valence-electron chi connectivity index (χ3n) is 4.50. The molecule has 0 bridgehead atoms. The van der Waals surface area contributed by atoms with Crippen LogP contribution in [0, 0.1) is 5.92 Å². The van der Waals surface area contributed by atoms with Gasteiger partial charge in [0.15, 0.2) is 6.61 Å². The standard InChI is InChI=1S/C19H23N3O5S/c23-18(13-27-19(24)14-6-2-1-3-7-14)21-15-8-4-9-16(12-15)28(25,26)22-17-10-5-11-20-17/h1-2,4,8-9,12,14H,3,5-7,10-11,13H2,(H,20,22)(H,21,23)/t14-/m1/s1. The summed E-state index contributed by atoms with van der Waals surface area (Å²) in [7, 11) is -3.77. The Labute approximate surface area is 164 Å². The molecule has 0 saturated carbocycles. The molecule has 0 aromatic heterocycles. The Morgan fingerprint density at radius 1 is 1.25 bits per heavy atom. The fourth-order valence-corrected chi connectivity index (χ4v) is 4.17. The van der Waals surface area contributed by atoms with Gasteiger partial charge in [0.2, 0.25) is 0 Å². The second kappa shape index (κ2) is 9.01. The quantitative estimate of drug-likeness (QED) is 0.555. The maximum Gasteiger partial charge on any atom is 0.309 e. The maximum absolute atomic E-state index is 12.4. The normalized spacial score (nSPS) is 19.0. The van der Waals surface area contributed by atoms with Crippen molar-refractivity contribution in [3.63, 3.8) is 0 Å². The van der Waals surface area contributed by atoms with Crippen LogP contribution < -0.4 is 10.0 Å². The number of rotatable bonds is 6. The number of nitrogens with zero attached hydrogens (tertiary/aromatic N) is 1. The Balaban J connectivity index is 1.55. The molecule has 150 valence electrons. The molecule has 8 nitrogen and oxygen atoms in total. The second-order valence-electron chi connectivity index (χ2n) is 6.70. The lowest BCUT2D eigenvalue weighted by Crippen LogP contribution is -2.29. The molecule has 0 fully saturated rings. The van der Waals surface area contributed by atoms with Gasteiger partial charge in [-0.05, 0) is 43.9 Å². The van der Waals surface area contributed by atoms with Crippen molar-refractivity contribution in [1.29, 1.82) is 0 Å². The Hall–Kier alpha value is -2.68. The number of allylic oxidation sites excluding steroid dienone is 2. The predicted octanol–water partition coefficient (Wildman–Crippen LogP) is 2.00. The fourth-order valence-electron chi connectivity index (χ4n) is 3.04. The molecule has 0 spiro atoms. The van der Waals surface area contributed by atoms with E-state index in [0.29, 0.717) is 30.9 Å². The Bertz CT molecular complexity index is 908. The Kier molecular flexibility index (Phi) is 6.45. The van der Waals surface area contributed by atoms with Gasteiger partial charge >= 0.3 is 5.97 Å². The summed E-state index contributed by atoms with van der Waals surface area (Å²) in [5, 5.41) is 2.55. The van der Waals surface area contributed by atoms with Crippen molar-refractivity contribution >= 4 is 33.4 Å². The minimum Gasteiger partial charge on any atom is -0.455 e. The monoisotopic (exact) mass is 405 g/mol. The van der Waals surface area contributed by atoms with E-state index in [1.807, 2.05) is 12.2 Å². The first-order valence-corrected chi connectivity index (χ1v) is 10.7. The zero-order valence-electron chi connectivity index (χ0n) is 15.4. The molecular formula is C19H23N3O5S. The van der Waals surface area contributed by atoms with Crippen molar-refractivity contribution in [3.8, 4) is 0 Å². The highest BCUT2D eigenvalue weighted by molar-refractivity contribution is 7.90. The van der Waals surface area contributed by atoms with E-state index in [1.54, 1.807) is 6.07 Å². The summed E-state index contributed by atoms with van der Waals surface area (Å²) >= 11 is 0. The van der Waals surface area contributed by atoms with Gasteiger partial charge < -0.3 is 10.1 Å². The van der Waals surface area contributed by atoms with Crippen LogP contribution in [-0.2, 0) is 24.3 Å². The number of amides is 1. The van der Waals surface area contributed by atoms with Crippen LogP contribution in [0.2, 0.25) is 0 Å². The summed E-state index contributed by atoms with van der Waals surface area (Å²) in [5.41, 5.74) is 0.304. The minimum absolute atomic E-state index is 0.0193. The average Bonchev–Trinajstić information content (AvgIpc) is 3.19. The molecule has 1 aromatic carbocycles. The molecule has 2 N–H and O–H groups in total. The van der Waals surface area contributed by atoms with Crippen LogP contribution in [0.5, 0.6) is 0 Å². The largest absolute Gasteiger partial charge is 0.455 e. The van der Waals surface area contributed by atoms with E-state index in [1.165, 1.54) is 18.2 Å². The first kappa shape index (κ1) is 20.1. The van der Waals surface area contributed by atoms with Crippen molar-refractivity contribution in [2.24, 2.45) is 10.9 Å². The number of hydrogen-bond donors (Lipinski definition) is 2. The number of aliphatic imine (C=N–C) groups is 1. The van der Waals surface area contributed by atoms with E-state index in [0.717, 1.165) is 19.3 Å². The topological polar surface area (TPSA) is 114 Å². The highest BCUT2D eigenvalue weighted by atomic mass is 32.2. The van der Waals surface area contributed by atoms with Gasteiger partial charge in [0, 0.05) is 18.7 Å². The van der Waals surface area contributed by atoms with Crippen molar-refractivity contribution < 1.29 is 22.7 Å². The van der Waals surface area contributed by atoms with Gasteiger partial charge in [0.1, 0.15) is 5.84 Å². The summed E-state index contributed by atoms with van der Waals surface area (Å²) in [5.74, 6) is -0.686. The highest BCUT2D eigenvalue weighted by Gasteiger charge is 2.22. The molecular weight excluding hydrogens is 382 g/mol. The third-order valence-corrected chi connectivity index (χ3v) is 5.88. The summed E-state index contributed by atoms with van der Waals surface area (Å²) in [6, 6.07) is 5.88. The van der Waals surface area contributed by atoms with Crippen LogP contribution in [0.25, 0.3) is 0 Å². The number of anilines is 1. The number of carbonyl (C=O) groups is 2. The van der Waals surface area contributed by atoms with Crippen LogP contribution in [0.1, 0.15) is 32.1 Å².